The van der Waals surface area contributed by atoms with Gasteiger partial charge in [0.05, 0.1) is 4.90 Å². The number of nitrogens with zero attached hydrogens (tertiary/aromatic N) is 1. The molecule has 21 heavy (non-hydrogen) atoms. The molecule has 1 rings (SSSR count). The number of amides is 1. The van der Waals surface area contributed by atoms with E-state index >= 15 is 0 Å². The fourth-order valence-electron chi connectivity index (χ4n) is 1.75. The number of aryl methyl sites for hydroxylation is 1. The topological polar surface area (TPSA) is 104 Å². The van der Waals surface area contributed by atoms with Gasteiger partial charge in [0, 0.05) is 19.2 Å². The highest BCUT2D eigenvalue weighted by Crippen LogP contribution is 2.17. The van der Waals surface area contributed by atoms with Gasteiger partial charge in [-0.25, -0.2) is 13.1 Å². The average molecular weight is 314 g/mol. The molecule has 1 aromatic carbocycles. The van der Waals surface area contributed by atoms with E-state index in [-0.39, 0.29) is 17.0 Å². The Morgan fingerprint density at radius 2 is 1.95 bits per heavy atom. The number of nitrogens with one attached hydrogen (secondary N) is 1. The molecular weight excluding hydrogens is 296 g/mol. The van der Waals surface area contributed by atoms with E-state index in [1.807, 2.05) is 0 Å². The summed E-state index contributed by atoms with van der Waals surface area (Å²) in [5.74, 6) is -1.68. The third kappa shape index (κ3) is 4.27. The van der Waals surface area contributed by atoms with Crippen LogP contribution in [-0.4, -0.2) is 50.4 Å². The van der Waals surface area contributed by atoms with E-state index in [2.05, 4.69) is 4.72 Å². The van der Waals surface area contributed by atoms with Crippen molar-refractivity contribution in [1.29, 1.82) is 0 Å². The van der Waals surface area contributed by atoms with Crippen molar-refractivity contribution in [2.45, 2.75) is 18.7 Å². The molecule has 0 saturated heterocycles. The lowest BCUT2D eigenvalue weighted by Gasteiger charge is -2.17. The van der Waals surface area contributed by atoms with E-state index in [0.717, 1.165) is 4.90 Å². The van der Waals surface area contributed by atoms with Gasteiger partial charge >= 0.3 is 5.97 Å². The number of aliphatic carboxylic acids is 1. The van der Waals surface area contributed by atoms with Gasteiger partial charge in [-0.1, -0.05) is 13.0 Å². The molecule has 0 heterocycles. The molecule has 0 atom stereocenters. The number of hydrogen-bond donors (Lipinski definition) is 2. The molecule has 0 aromatic heterocycles. The van der Waals surface area contributed by atoms with E-state index in [1.54, 1.807) is 13.8 Å². The summed E-state index contributed by atoms with van der Waals surface area (Å²) in [5, 5.41) is 8.70. The van der Waals surface area contributed by atoms with Crippen molar-refractivity contribution in [3.63, 3.8) is 0 Å². The Labute approximate surface area is 123 Å². The first kappa shape index (κ1) is 17.1. The minimum atomic E-state index is -3.67. The van der Waals surface area contributed by atoms with Gasteiger partial charge in [-0.15, -0.1) is 0 Å². The molecule has 1 aromatic rings. The molecule has 0 saturated carbocycles. The monoisotopic (exact) mass is 314 g/mol. The van der Waals surface area contributed by atoms with Crippen LogP contribution in [-0.2, 0) is 14.8 Å². The molecule has 8 heteroatoms. The summed E-state index contributed by atoms with van der Waals surface area (Å²) in [6.45, 7) is 3.09. The number of likely N-dealkylation sites (N-methyl/N-ethyl adjacent to an activating group) is 1. The quantitative estimate of drug-likeness (QED) is 0.793. The summed E-state index contributed by atoms with van der Waals surface area (Å²) in [7, 11) is -2.32. The van der Waals surface area contributed by atoms with Gasteiger partial charge in [0.1, 0.15) is 6.54 Å². The van der Waals surface area contributed by atoms with E-state index in [1.165, 1.54) is 25.2 Å². The highest BCUT2D eigenvalue weighted by molar-refractivity contribution is 7.89. The Morgan fingerprint density at radius 3 is 2.48 bits per heavy atom. The van der Waals surface area contributed by atoms with Gasteiger partial charge in [0.2, 0.25) is 10.0 Å². The summed E-state index contributed by atoms with van der Waals surface area (Å²) in [6.07, 6.45) is 0. The van der Waals surface area contributed by atoms with Crippen LogP contribution in [0.1, 0.15) is 22.8 Å². The maximum Gasteiger partial charge on any atom is 0.323 e. The standard InChI is InChI=1S/C13H18N2O5S/c1-4-14-21(19,20)10-6-5-9(2)11(7-10)13(18)15(3)8-12(16)17/h5-7,14H,4,8H2,1-3H3,(H,16,17). The van der Waals surface area contributed by atoms with Crippen molar-refractivity contribution in [2.75, 3.05) is 20.1 Å². The maximum atomic E-state index is 12.2. The Bertz CT molecular complexity index is 655. The number of carboxylic acid groups (broad SMARTS) is 1. The number of rotatable bonds is 6. The van der Waals surface area contributed by atoms with Gasteiger partial charge in [-0.3, -0.25) is 9.59 Å². The highest BCUT2D eigenvalue weighted by atomic mass is 32.2. The second-order valence-electron chi connectivity index (χ2n) is 4.53. The normalized spacial score (nSPS) is 11.2. The van der Waals surface area contributed by atoms with Gasteiger partial charge in [-0.2, -0.15) is 0 Å². The van der Waals surface area contributed by atoms with Gasteiger partial charge < -0.3 is 10.0 Å². The Kier molecular flexibility index (Phi) is 5.45. The SMILES string of the molecule is CCNS(=O)(=O)c1ccc(C)c(C(=O)N(C)CC(=O)O)c1. The molecule has 7 nitrogen and oxygen atoms in total. The van der Waals surface area contributed by atoms with Crippen LogP contribution in [0.15, 0.2) is 23.1 Å². The average Bonchev–Trinajstić information content (AvgIpc) is 2.37. The van der Waals surface area contributed by atoms with E-state index in [0.29, 0.717) is 5.56 Å². The van der Waals surface area contributed by atoms with Crippen LogP contribution >= 0.6 is 0 Å². The number of carbonyl (C=O) groups excluding carboxylic acids is 1. The smallest absolute Gasteiger partial charge is 0.323 e. The summed E-state index contributed by atoms with van der Waals surface area (Å²) in [5.41, 5.74) is 0.741. The molecule has 0 bridgehead atoms. The Hall–Kier alpha value is -1.93. The third-order valence-electron chi connectivity index (χ3n) is 2.80. The van der Waals surface area contributed by atoms with Crippen LogP contribution in [0.25, 0.3) is 0 Å². The van der Waals surface area contributed by atoms with Gasteiger partial charge in [-0.05, 0) is 24.6 Å². The lowest BCUT2D eigenvalue weighted by Crippen LogP contribution is -2.32. The zero-order valence-electron chi connectivity index (χ0n) is 12.1. The summed E-state index contributed by atoms with van der Waals surface area (Å²) in [6, 6.07) is 4.18. The third-order valence-corrected chi connectivity index (χ3v) is 4.35. The predicted molar refractivity (Wildman–Crippen MR) is 76.6 cm³/mol. The van der Waals surface area contributed by atoms with Crippen molar-refractivity contribution in [1.82, 2.24) is 9.62 Å². The van der Waals surface area contributed by atoms with Gasteiger partial charge in [0.15, 0.2) is 0 Å². The van der Waals surface area contributed by atoms with Crippen molar-refractivity contribution >= 4 is 21.9 Å². The molecule has 1 amide bonds. The van der Waals surface area contributed by atoms with Crippen LogP contribution in [0.4, 0.5) is 0 Å². The van der Waals surface area contributed by atoms with E-state index < -0.39 is 28.4 Å². The molecule has 0 aliphatic carbocycles. The number of benzene rings is 1. The zero-order chi connectivity index (χ0) is 16.2. The first-order valence-corrected chi connectivity index (χ1v) is 7.75. The summed E-state index contributed by atoms with van der Waals surface area (Å²) >= 11 is 0. The van der Waals surface area contributed by atoms with Crippen LogP contribution in [0.2, 0.25) is 0 Å². The molecule has 0 aliphatic heterocycles. The Balaban J connectivity index is 3.19. The van der Waals surface area contributed by atoms with Crippen molar-refractivity contribution < 1.29 is 23.1 Å². The first-order chi connectivity index (χ1) is 9.69. The largest absolute Gasteiger partial charge is 0.480 e. The first-order valence-electron chi connectivity index (χ1n) is 6.26. The maximum absolute atomic E-state index is 12.2. The molecule has 0 unspecified atom stereocenters. The number of carbonyl (C=O) groups is 2. The van der Waals surface area contributed by atoms with E-state index in [4.69, 9.17) is 5.11 Å². The molecule has 2 N–H and O–H groups in total. The minimum absolute atomic E-state index is 0.0259. The van der Waals surface area contributed by atoms with Crippen LogP contribution < -0.4 is 4.72 Å². The molecule has 116 valence electrons. The molecule has 0 aliphatic rings. The lowest BCUT2D eigenvalue weighted by atomic mass is 10.1. The molecule has 0 spiro atoms. The summed E-state index contributed by atoms with van der Waals surface area (Å²) < 4.78 is 26.2. The molecule has 0 fully saturated rings. The zero-order valence-corrected chi connectivity index (χ0v) is 12.9. The highest BCUT2D eigenvalue weighted by Gasteiger charge is 2.20. The lowest BCUT2D eigenvalue weighted by molar-refractivity contribution is -0.137. The second kappa shape index (κ2) is 6.68. The fraction of sp³-hybridized carbons (Fsp3) is 0.385. The number of carboxylic acids is 1. The van der Waals surface area contributed by atoms with Gasteiger partial charge in [0.25, 0.3) is 5.91 Å². The molecule has 0 radical (unpaired) electrons. The van der Waals surface area contributed by atoms with Crippen molar-refractivity contribution in [2.24, 2.45) is 0 Å². The van der Waals surface area contributed by atoms with Crippen molar-refractivity contribution in [3.05, 3.63) is 29.3 Å². The van der Waals surface area contributed by atoms with Crippen LogP contribution in [0.3, 0.4) is 0 Å². The second-order valence-corrected chi connectivity index (χ2v) is 6.30. The number of hydrogen-bond acceptors (Lipinski definition) is 4. The predicted octanol–water partition coefficient (Wildman–Crippen LogP) is 0.450. The summed E-state index contributed by atoms with van der Waals surface area (Å²) in [4.78, 5) is 23.8. The van der Waals surface area contributed by atoms with Crippen LogP contribution in [0.5, 0.6) is 0 Å². The number of sulfonamides is 1. The molecular formula is C13H18N2O5S. The fourth-order valence-corrected chi connectivity index (χ4v) is 2.82. The van der Waals surface area contributed by atoms with Crippen molar-refractivity contribution in [3.8, 4) is 0 Å². The van der Waals surface area contributed by atoms with E-state index in [9.17, 15) is 18.0 Å². The Morgan fingerprint density at radius 1 is 1.33 bits per heavy atom. The van der Waals surface area contributed by atoms with Crippen LogP contribution in [0, 0.1) is 6.92 Å². The minimum Gasteiger partial charge on any atom is -0.480 e.